The molecule has 158 valence electrons. The zero-order valence-corrected chi connectivity index (χ0v) is 18.2. The SMILES string of the molecule is CCNC(=NCC(Cc1ccccc1)c1ccccc1)NCCc1c(C)noc1C. The van der Waals surface area contributed by atoms with Gasteiger partial charge in [-0.25, -0.2) is 0 Å². The molecule has 0 saturated carbocycles. The normalized spacial score (nSPS) is 12.6. The highest BCUT2D eigenvalue weighted by atomic mass is 16.5. The van der Waals surface area contributed by atoms with Crippen LogP contribution in [0, 0.1) is 13.8 Å². The number of aliphatic imine (C=N–C) groups is 1. The summed E-state index contributed by atoms with van der Waals surface area (Å²) in [6.07, 6.45) is 1.82. The fourth-order valence-electron chi connectivity index (χ4n) is 3.62. The van der Waals surface area contributed by atoms with Crippen molar-refractivity contribution in [2.75, 3.05) is 19.6 Å². The largest absolute Gasteiger partial charge is 0.361 e. The molecule has 2 aromatic carbocycles. The summed E-state index contributed by atoms with van der Waals surface area (Å²) in [6, 6.07) is 21.3. The van der Waals surface area contributed by atoms with Crippen LogP contribution in [-0.2, 0) is 12.8 Å². The third-order valence-electron chi connectivity index (χ3n) is 5.26. The van der Waals surface area contributed by atoms with Gasteiger partial charge in [-0.15, -0.1) is 0 Å². The first-order valence-electron chi connectivity index (χ1n) is 10.7. The van der Waals surface area contributed by atoms with Crippen LogP contribution in [0.2, 0.25) is 0 Å². The van der Waals surface area contributed by atoms with Crippen LogP contribution in [0.5, 0.6) is 0 Å². The van der Waals surface area contributed by atoms with Crippen LogP contribution < -0.4 is 10.6 Å². The predicted molar refractivity (Wildman–Crippen MR) is 123 cm³/mol. The minimum absolute atomic E-state index is 0.326. The number of benzene rings is 2. The molecule has 0 aliphatic carbocycles. The third kappa shape index (κ3) is 6.21. The maximum atomic E-state index is 5.26. The highest BCUT2D eigenvalue weighted by molar-refractivity contribution is 5.79. The highest BCUT2D eigenvalue weighted by Crippen LogP contribution is 2.21. The number of nitrogens with zero attached hydrogens (tertiary/aromatic N) is 2. The second-order valence-electron chi connectivity index (χ2n) is 7.50. The van der Waals surface area contributed by atoms with E-state index in [4.69, 9.17) is 9.52 Å². The lowest BCUT2D eigenvalue weighted by Crippen LogP contribution is -2.38. The standard InChI is InChI=1S/C25H32N4O/c1-4-26-25(27-16-15-24-19(2)29-30-20(24)3)28-18-23(22-13-9-6-10-14-22)17-21-11-7-5-8-12-21/h5-14,23H,4,15-18H2,1-3H3,(H2,26,27,28). The van der Waals surface area contributed by atoms with Crippen molar-refractivity contribution in [2.24, 2.45) is 4.99 Å². The van der Waals surface area contributed by atoms with E-state index >= 15 is 0 Å². The summed E-state index contributed by atoms with van der Waals surface area (Å²) < 4.78 is 5.26. The summed E-state index contributed by atoms with van der Waals surface area (Å²) in [5.74, 6) is 2.06. The monoisotopic (exact) mass is 404 g/mol. The smallest absolute Gasteiger partial charge is 0.191 e. The number of aryl methyl sites for hydroxylation is 2. The average molecular weight is 405 g/mol. The number of nitrogens with one attached hydrogen (secondary N) is 2. The van der Waals surface area contributed by atoms with E-state index in [2.05, 4.69) is 83.4 Å². The van der Waals surface area contributed by atoms with Crippen molar-refractivity contribution < 1.29 is 4.52 Å². The van der Waals surface area contributed by atoms with Gasteiger partial charge < -0.3 is 15.2 Å². The lowest BCUT2D eigenvalue weighted by Gasteiger charge is -2.17. The van der Waals surface area contributed by atoms with Crippen molar-refractivity contribution in [3.05, 3.63) is 88.8 Å². The Kier molecular flexibility index (Phi) is 8.07. The van der Waals surface area contributed by atoms with E-state index in [0.717, 1.165) is 49.9 Å². The Morgan fingerprint density at radius 1 is 1.00 bits per heavy atom. The van der Waals surface area contributed by atoms with Gasteiger partial charge in [0.05, 0.1) is 5.69 Å². The van der Waals surface area contributed by atoms with Gasteiger partial charge in [0.25, 0.3) is 0 Å². The molecule has 0 aliphatic rings. The summed E-state index contributed by atoms with van der Waals surface area (Å²) >= 11 is 0. The zero-order chi connectivity index (χ0) is 21.2. The fourth-order valence-corrected chi connectivity index (χ4v) is 3.62. The third-order valence-corrected chi connectivity index (χ3v) is 5.26. The van der Waals surface area contributed by atoms with E-state index in [-0.39, 0.29) is 0 Å². The number of guanidine groups is 1. The van der Waals surface area contributed by atoms with Gasteiger partial charge in [0.15, 0.2) is 5.96 Å². The van der Waals surface area contributed by atoms with Gasteiger partial charge in [0.1, 0.15) is 5.76 Å². The first-order valence-corrected chi connectivity index (χ1v) is 10.7. The molecule has 0 radical (unpaired) electrons. The first kappa shape index (κ1) is 21.6. The summed E-state index contributed by atoms with van der Waals surface area (Å²) in [5.41, 5.74) is 4.78. The van der Waals surface area contributed by atoms with Gasteiger partial charge in [-0.3, -0.25) is 4.99 Å². The molecule has 1 aromatic heterocycles. The van der Waals surface area contributed by atoms with Gasteiger partial charge in [0, 0.05) is 31.1 Å². The van der Waals surface area contributed by atoms with E-state index in [9.17, 15) is 0 Å². The molecule has 3 rings (SSSR count). The van der Waals surface area contributed by atoms with Crippen LogP contribution in [0.3, 0.4) is 0 Å². The summed E-state index contributed by atoms with van der Waals surface area (Å²) in [4.78, 5) is 4.91. The summed E-state index contributed by atoms with van der Waals surface area (Å²) in [7, 11) is 0. The van der Waals surface area contributed by atoms with Crippen LogP contribution >= 0.6 is 0 Å². The molecule has 0 bridgehead atoms. The van der Waals surface area contributed by atoms with E-state index in [1.54, 1.807) is 0 Å². The Balaban J connectivity index is 1.67. The van der Waals surface area contributed by atoms with Crippen LogP contribution in [0.25, 0.3) is 0 Å². The average Bonchev–Trinajstić information content (AvgIpc) is 3.10. The highest BCUT2D eigenvalue weighted by Gasteiger charge is 2.13. The van der Waals surface area contributed by atoms with E-state index in [0.29, 0.717) is 5.92 Å². The Bertz CT molecular complexity index is 899. The second kappa shape index (κ2) is 11.2. The van der Waals surface area contributed by atoms with Crippen molar-refractivity contribution in [3.8, 4) is 0 Å². The summed E-state index contributed by atoms with van der Waals surface area (Å²) in [6.45, 7) is 8.36. The number of hydrogen-bond donors (Lipinski definition) is 2. The second-order valence-corrected chi connectivity index (χ2v) is 7.50. The predicted octanol–water partition coefficient (Wildman–Crippen LogP) is 4.42. The van der Waals surface area contributed by atoms with Crippen molar-refractivity contribution >= 4 is 5.96 Å². The van der Waals surface area contributed by atoms with E-state index in [1.165, 1.54) is 16.7 Å². The maximum Gasteiger partial charge on any atom is 0.191 e. The van der Waals surface area contributed by atoms with Crippen LogP contribution in [-0.4, -0.2) is 30.8 Å². The summed E-state index contributed by atoms with van der Waals surface area (Å²) in [5, 5.41) is 10.9. The van der Waals surface area contributed by atoms with Gasteiger partial charge in [-0.1, -0.05) is 65.8 Å². The van der Waals surface area contributed by atoms with Crippen LogP contribution in [0.15, 0.2) is 70.2 Å². The zero-order valence-electron chi connectivity index (χ0n) is 18.2. The molecular weight excluding hydrogens is 372 g/mol. The molecule has 0 saturated heterocycles. The minimum Gasteiger partial charge on any atom is -0.361 e. The lowest BCUT2D eigenvalue weighted by molar-refractivity contribution is 0.392. The quantitative estimate of drug-likeness (QED) is 0.409. The molecule has 1 unspecified atom stereocenters. The van der Waals surface area contributed by atoms with Crippen LogP contribution in [0.4, 0.5) is 0 Å². The van der Waals surface area contributed by atoms with Crippen molar-refractivity contribution in [3.63, 3.8) is 0 Å². The fraction of sp³-hybridized carbons (Fsp3) is 0.360. The van der Waals surface area contributed by atoms with Gasteiger partial charge >= 0.3 is 0 Å². The molecule has 1 atom stereocenters. The molecule has 3 aromatic rings. The Morgan fingerprint density at radius 2 is 1.70 bits per heavy atom. The van der Waals surface area contributed by atoms with E-state index in [1.807, 2.05) is 13.8 Å². The number of hydrogen-bond acceptors (Lipinski definition) is 3. The van der Waals surface area contributed by atoms with Gasteiger partial charge in [0.2, 0.25) is 0 Å². The molecule has 0 spiro atoms. The molecular formula is C25H32N4O. The van der Waals surface area contributed by atoms with Gasteiger partial charge in [-0.2, -0.15) is 0 Å². The molecule has 0 amide bonds. The van der Waals surface area contributed by atoms with Gasteiger partial charge in [-0.05, 0) is 44.7 Å². The minimum atomic E-state index is 0.326. The molecule has 0 fully saturated rings. The van der Waals surface area contributed by atoms with Crippen LogP contribution in [0.1, 0.15) is 41.0 Å². The van der Waals surface area contributed by atoms with Crippen molar-refractivity contribution in [1.82, 2.24) is 15.8 Å². The van der Waals surface area contributed by atoms with Crippen molar-refractivity contribution in [2.45, 2.75) is 39.5 Å². The molecule has 5 heteroatoms. The topological polar surface area (TPSA) is 62.5 Å². The first-order chi connectivity index (χ1) is 14.7. The molecule has 5 nitrogen and oxygen atoms in total. The lowest BCUT2D eigenvalue weighted by atomic mass is 9.92. The number of rotatable bonds is 9. The van der Waals surface area contributed by atoms with Crippen molar-refractivity contribution in [1.29, 1.82) is 0 Å². The Hall–Kier alpha value is -3.08. The Labute approximate surface area is 179 Å². The molecule has 30 heavy (non-hydrogen) atoms. The Morgan fingerprint density at radius 3 is 2.33 bits per heavy atom. The number of aromatic nitrogens is 1. The maximum absolute atomic E-state index is 5.26. The van der Waals surface area contributed by atoms with E-state index < -0.39 is 0 Å². The molecule has 1 heterocycles. The molecule has 0 aliphatic heterocycles. The molecule has 2 N–H and O–H groups in total.